The van der Waals surface area contributed by atoms with E-state index in [-0.39, 0.29) is 0 Å². The highest BCUT2D eigenvalue weighted by molar-refractivity contribution is 9.10. The quantitative estimate of drug-likeness (QED) is 0.347. The Morgan fingerprint density at radius 3 is 1.89 bits per heavy atom. The first-order valence-corrected chi connectivity index (χ1v) is 10.6. The van der Waals surface area contributed by atoms with E-state index in [1.807, 2.05) is 35.7 Å². The molecule has 0 aliphatic rings. The highest BCUT2D eigenvalue weighted by Crippen LogP contribution is 2.36. The molecule has 0 amide bonds. The fourth-order valence-corrected chi connectivity index (χ4v) is 4.60. The van der Waals surface area contributed by atoms with Gasteiger partial charge >= 0.3 is 0 Å². The minimum absolute atomic E-state index is 0.691. The molecule has 7 heteroatoms. The van der Waals surface area contributed by atoms with Crippen LogP contribution in [0.5, 0.6) is 11.5 Å². The molecule has 0 aliphatic heterocycles. The highest BCUT2D eigenvalue weighted by Gasteiger charge is 2.13. The Hall–Kier alpha value is -2.22. The number of rotatable bonds is 5. The van der Waals surface area contributed by atoms with Crippen LogP contribution in [0.3, 0.4) is 0 Å². The third-order valence-corrected chi connectivity index (χ3v) is 6.37. The molecule has 0 aliphatic carbocycles. The third kappa shape index (κ3) is 3.76. The second-order valence-corrected chi connectivity index (χ2v) is 8.28. The van der Waals surface area contributed by atoms with E-state index in [1.54, 1.807) is 36.9 Å². The third-order valence-electron chi connectivity index (χ3n) is 4.01. The van der Waals surface area contributed by atoms with Crippen molar-refractivity contribution in [2.24, 2.45) is 0 Å². The maximum absolute atomic E-state index is 5.39. The van der Waals surface area contributed by atoms with Gasteiger partial charge in [0.2, 0.25) is 0 Å². The minimum Gasteiger partial charge on any atom is -0.493 e. The summed E-state index contributed by atoms with van der Waals surface area (Å²) in [5, 5.41) is 5.94. The molecule has 0 N–H and O–H groups in total. The molecule has 0 spiro atoms. The molecule has 0 unspecified atom stereocenters. The second kappa shape index (κ2) is 7.80. The molecule has 0 radical (unpaired) electrons. The monoisotopic (exact) mass is 458 g/mol. The number of benzene rings is 2. The van der Waals surface area contributed by atoms with Crippen LogP contribution in [0.2, 0.25) is 0 Å². The van der Waals surface area contributed by atoms with Crippen molar-refractivity contribution in [3.8, 4) is 44.0 Å². The molecule has 0 saturated heterocycles. The topological polar surface area (TPSA) is 44.2 Å². The van der Waals surface area contributed by atoms with E-state index in [0.717, 1.165) is 37.0 Å². The Morgan fingerprint density at radius 2 is 1.30 bits per heavy atom. The minimum atomic E-state index is 0.691. The molecule has 136 valence electrons. The van der Waals surface area contributed by atoms with E-state index in [1.165, 1.54) is 0 Å². The molecule has 2 aromatic heterocycles. The molecular weight excluding hydrogens is 444 g/mol. The Kier molecular flexibility index (Phi) is 5.24. The summed E-state index contributed by atoms with van der Waals surface area (Å²) >= 11 is 6.65. The van der Waals surface area contributed by atoms with E-state index in [0.29, 0.717) is 11.5 Å². The summed E-state index contributed by atoms with van der Waals surface area (Å²) in [6.07, 6.45) is 0. The molecule has 4 aromatic rings. The van der Waals surface area contributed by atoms with E-state index >= 15 is 0 Å². The lowest BCUT2D eigenvalue weighted by Gasteiger charge is -2.08. The van der Waals surface area contributed by atoms with Gasteiger partial charge in [0.1, 0.15) is 0 Å². The van der Waals surface area contributed by atoms with Crippen LogP contribution < -0.4 is 9.47 Å². The van der Waals surface area contributed by atoms with E-state index in [9.17, 15) is 0 Å². The van der Waals surface area contributed by atoms with Gasteiger partial charge in [-0.25, -0.2) is 9.97 Å². The van der Waals surface area contributed by atoms with Crippen LogP contribution in [-0.2, 0) is 0 Å². The zero-order chi connectivity index (χ0) is 18.8. The van der Waals surface area contributed by atoms with Gasteiger partial charge in [-0.3, -0.25) is 0 Å². The lowest BCUT2D eigenvalue weighted by molar-refractivity contribution is 0.355. The Bertz CT molecular complexity index is 1070. The number of nitrogens with zero attached hydrogens (tertiary/aromatic N) is 2. The van der Waals surface area contributed by atoms with Gasteiger partial charge in [-0.15, -0.1) is 22.7 Å². The van der Waals surface area contributed by atoms with Gasteiger partial charge in [0, 0.05) is 26.4 Å². The average molecular weight is 459 g/mol. The summed E-state index contributed by atoms with van der Waals surface area (Å²) in [5.74, 6) is 1.40. The van der Waals surface area contributed by atoms with Gasteiger partial charge in [-0.1, -0.05) is 28.1 Å². The number of halogens is 1. The molecule has 4 nitrogen and oxygen atoms in total. The normalized spacial score (nSPS) is 10.8. The lowest BCUT2D eigenvalue weighted by Crippen LogP contribution is -1.90. The van der Waals surface area contributed by atoms with Gasteiger partial charge in [-0.2, -0.15) is 0 Å². The van der Waals surface area contributed by atoms with Crippen LogP contribution >= 0.6 is 38.6 Å². The number of aromatic nitrogens is 2. The zero-order valence-electron chi connectivity index (χ0n) is 14.6. The van der Waals surface area contributed by atoms with Crippen molar-refractivity contribution in [3.05, 3.63) is 57.7 Å². The average Bonchev–Trinajstić information content (AvgIpc) is 3.37. The lowest BCUT2D eigenvalue weighted by atomic mass is 10.1. The van der Waals surface area contributed by atoms with Crippen LogP contribution in [0.15, 0.2) is 57.7 Å². The zero-order valence-corrected chi connectivity index (χ0v) is 17.8. The maximum atomic E-state index is 5.39. The van der Waals surface area contributed by atoms with Crippen LogP contribution in [-0.4, -0.2) is 24.2 Å². The molecule has 0 fully saturated rings. The maximum Gasteiger partial charge on any atom is 0.161 e. The first kappa shape index (κ1) is 18.2. The number of hydrogen-bond acceptors (Lipinski definition) is 6. The fraction of sp³-hybridized carbons (Fsp3) is 0.100. The first-order valence-electron chi connectivity index (χ1n) is 8.07. The molecule has 0 atom stereocenters. The van der Waals surface area contributed by atoms with Crippen molar-refractivity contribution < 1.29 is 9.47 Å². The van der Waals surface area contributed by atoms with Gasteiger partial charge in [-0.05, 0) is 30.3 Å². The summed E-state index contributed by atoms with van der Waals surface area (Å²) in [5.41, 5.74) is 3.94. The summed E-state index contributed by atoms with van der Waals surface area (Å²) in [6, 6.07) is 14.0. The van der Waals surface area contributed by atoms with E-state index in [2.05, 4.69) is 33.4 Å². The summed E-state index contributed by atoms with van der Waals surface area (Å²) in [7, 11) is 3.26. The SMILES string of the molecule is COc1ccc(-c2csc(-c3nc(-c4ccc(Br)cc4)cs3)n2)cc1OC. The molecule has 2 heterocycles. The Balaban J connectivity index is 1.62. The Morgan fingerprint density at radius 1 is 0.741 bits per heavy atom. The van der Waals surface area contributed by atoms with Crippen LogP contribution in [0.4, 0.5) is 0 Å². The molecular formula is C20H15BrN2O2S2. The molecule has 4 rings (SSSR count). The van der Waals surface area contributed by atoms with Gasteiger partial charge in [0.25, 0.3) is 0 Å². The van der Waals surface area contributed by atoms with Crippen LogP contribution in [0.25, 0.3) is 32.5 Å². The van der Waals surface area contributed by atoms with Gasteiger partial charge < -0.3 is 9.47 Å². The Labute approximate surface area is 173 Å². The summed E-state index contributed by atoms with van der Waals surface area (Å²) < 4.78 is 11.7. The van der Waals surface area contributed by atoms with Gasteiger partial charge in [0.05, 0.1) is 25.6 Å². The number of thiazole rings is 2. The first-order chi connectivity index (χ1) is 13.2. The number of methoxy groups -OCH3 is 2. The van der Waals surface area contributed by atoms with Crippen molar-refractivity contribution >= 4 is 38.6 Å². The predicted octanol–water partition coefficient (Wildman–Crippen LogP) is 6.38. The second-order valence-electron chi connectivity index (χ2n) is 5.65. The molecule has 0 bridgehead atoms. The fourth-order valence-electron chi connectivity index (χ4n) is 2.63. The molecule has 27 heavy (non-hydrogen) atoms. The van der Waals surface area contributed by atoms with Crippen molar-refractivity contribution in [1.82, 2.24) is 9.97 Å². The van der Waals surface area contributed by atoms with Crippen molar-refractivity contribution in [3.63, 3.8) is 0 Å². The van der Waals surface area contributed by atoms with Gasteiger partial charge in [0.15, 0.2) is 21.5 Å². The van der Waals surface area contributed by atoms with Crippen molar-refractivity contribution in [1.29, 1.82) is 0 Å². The predicted molar refractivity (Wildman–Crippen MR) is 115 cm³/mol. The van der Waals surface area contributed by atoms with Crippen LogP contribution in [0.1, 0.15) is 0 Å². The van der Waals surface area contributed by atoms with Crippen LogP contribution in [0, 0.1) is 0 Å². The van der Waals surface area contributed by atoms with Crippen molar-refractivity contribution in [2.75, 3.05) is 14.2 Å². The highest BCUT2D eigenvalue weighted by atomic mass is 79.9. The van der Waals surface area contributed by atoms with Crippen molar-refractivity contribution in [2.45, 2.75) is 0 Å². The molecule has 2 aromatic carbocycles. The molecule has 0 saturated carbocycles. The number of ether oxygens (including phenoxy) is 2. The van der Waals surface area contributed by atoms with E-state index < -0.39 is 0 Å². The largest absolute Gasteiger partial charge is 0.493 e. The smallest absolute Gasteiger partial charge is 0.161 e. The standard InChI is InChI=1S/C20H15BrN2O2S2/c1-24-17-8-5-13(9-18(17)25-2)16-11-27-20(23-16)19-22-15(10-26-19)12-3-6-14(21)7-4-12/h3-11H,1-2H3. The summed E-state index contributed by atoms with van der Waals surface area (Å²) in [6.45, 7) is 0. The summed E-state index contributed by atoms with van der Waals surface area (Å²) in [4.78, 5) is 9.52. The number of hydrogen-bond donors (Lipinski definition) is 0. The van der Waals surface area contributed by atoms with E-state index in [4.69, 9.17) is 19.4 Å².